The average molecular weight is 243 g/mol. The zero-order chi connectivity index (χ0) is 13.5. The minimum absolute atomic E-state index is 0.0804. The molecule has 1 N–H and O–H groups in total. The highest BCUT2D eigenvalue weighted by molar-refractivity contribution is 5.75. The predicted octanol–water partition coefficient (Wildman–Crippen LogP) is 3.05. The third-order valence-electron chi connectivity index (χ3n) is 2.18. The Bertz CT molecular complexity index is 256. The number of rotatable bonds is 6. The molecule has 1 unspecified atom stereocenters. The maximum Gasteiger partial charge on any atom is 0.407 e. The zero-order valence-corrected chi connectivity index (χ0v) is 11.6. The van der Waals surface area contributed by atoms with Crippen LogP contribution in [0.2, 0.25) is 0 Å². The van der Waals surface area contributed by atoms with Gasteiger partial charge in [-0.1, -0.05) is 6.42 Å². The van der Waals surface area contributed by atoms with Gasteiger partial charge in [-0.3, -0.25) is 0 Å². The Morgan fingerprint density at radius 2 is 1.82 bits per heavy atom. The second-order valence-corrected chi connectivity index (χ2v) is 5.50. The Morgan fingerprint density at radius 3 is 2.29 bits per heavy atom. The van der Waals surface area contributed by atoms with Gasteiger partial charge in [-0.25, -0.2) is 4.79 Å². The summed E-state index contributed by atoms with van der Waals surface area (Å²) in [6.07, 6.45) is 2.94. The van der Waals surface area contributed by atoms with Crippen molar-refractivity contribution in [3.63, 3.8) is 0 Å². The zero-order valence-electron chi connectivity index (χ0n) is 11.6. The molecule has 0 rings (SSSR count). The number of unbranched alkanes of at least 4 members (excludes halogenated alkanes) is 1. The largest absolute Gasteiger partial charge is 0.444 e. The molecule has 0 aromatic rings. The lowest BCUT2D eigenvalue weighted by molar-refractivity contribution is -0.117. The van der Waals surface area contributed by atoms with E-state index >= 15 is 0 Å². The van der Waals surface area contributed by atoms with Crippen LogP contribution in [0.1, 0.15) is 60.3 Å². The summed E-state index contributed by atoms with van der Waals surface area (Å²) in [6, 6.07) is 0.0804. The molecule has 0 aliphatic carbocycles. The Kier molecular flexibility index (Phi) is 6.85. The van der Waals surface area contributed by atoms with Crippen LogP contribution >= 0.6 is 0 Å². The topological polar surface area (TPSA) is 55.4 Å². The van der Waals surface area contributed by atoms with E-state index < -0.39 is 5.60 Å². The minimum atomic E-state index is -0.460. The van der Waals surface area contributed by atoms with E-state index in [-0.39, 0.29) is 17.9 Å². The van der Waals surface area contributed by atoms with Gasteiger partial charge < -0.3 is 14.8 Å². The lowest BCUT2D eigenvalue weighted by atomic mass is 10.1. The van der Waals surface area contributed by atoms with E-state index in [1.54, 1.807) is 6.92 Å². The monoisotopic (exact) mass is 243 g/mol. The molecule has 0 fully saturated rings. The third kappa shape index (κ3) is 11.2. The summed E-state index contributed by atoms with van der Waals surface area (Å²) in [7, 11) is 0. The Balaban J connectivity index is 3.68. The Hall–Kier alpha value is -1.06. The van der Waals surface area contributed by atoms with Crippen LogP contribution in [0.4, 0.5) is 4.79 Å². The number of ether oxygens (including phenoxy) is 1. The number of carbonyl (C=O) groups is 2. The van der Waals surface area contributed by atoms with E-state index in [0.717, 1.165) is 19.3 Å². The van der Waals surface area contributed by atoms with E-state index in [4.69, 9.17) is 4.74 Å². The van der Waals surface area contributed by atoms with Crippen LogP contribution in [-0.2, 0) is 9.53 Å². The summed E-state index contributed by atoms with van der Waals surface area (Å²) >= 11 is 0. The number of amides is 1. The molecular weight excluding hydrogens is 218 g/mol. The SMILES string of the molecule is CC(=O)CCCCC(C)NC(=O)OC(C)(C)C. The molecule has 0 radical (unpaired) electrons. The van der Waals surface area contributed by atoms with Gasteiger partial charge in [-0.2, -0.15) is 0 Å². The molecule has 4 heteroatoms. The molecule has 0 spiro atoms. The van der Waals surface area contributed by atoms with E-state index in [2.05, 4.69) is 5.32 Å². The molecule has 0 heterocycles. The lowest BCUT2D eigenvalue weighted by Gasteiger charge is -2.21. The van der Waals surface area contributed by atoms with Crippen molar-refractivity contribution < 1.29 is 14.3 Å². The van der Waals surface area contributed by atoms with Crippen LogP contribution in [0.25, 0.3) is 0 Å². The number of carbonyl (C=O) groups excluding carboxylic acids is 2. The van der Waals surface area contributed by atoms with Gasteiger partial charge in [0.25, 0.3) is 0 Å². The first-order chi connectivity index (χ1) is 7.70. The summed E-state index contributed by atoms with van der Waals surface area (Å²) in [5.74, 6) is 0.220. The van der Waals surface area contributed by atoms with Gasteiger partial charge in [0.1, 0.15) is 11.4 Å². The van der Waals surface area contributed by atoms with Crippen molar-refractivity contribution in [3.8, 4) is 0 Å². The van der Waals surface area contributed by atoms with Crippen LogP contribution in [0.15, 0.2) is 0 Å². The number of hydrogen-bond acceptors (Lipinski definition) is 3. The molecule has 100 valence electrons. The first-order valence-electron chi connectivity index (χ1n) is 6.19. The maximum absolute atomic E-state index is 11.4. The number of hydrogen-bond donors (Lipinski definition) is 1. The summed E-state index contributed by atoms with van der Waals surface area (Å²) in [4.78, 5) is 22.2. The van der Waals surface area contributed by atoms with E-state index in [1.807, 2.05) is 27.7 Å². The van der Waals surface area contributed by atoms with Crippen molar-refractivity contribution in [1.29, 1.82) is 0 Å². The molecule has 1 amide bonds. The minimum Gasteiger partial charge on any atom is -0.444 e. The second kappa shape index (κ2) is 7.30. The van der Waals surface area contributed by atoms with Crippen LogP contribution in [0.5, 0.6) is 0 Å². The van der Waals surface area contributed by atoms with Crippen molar-refractivity contribution in [1.82, 2.24) is 5.32 Å². The van der Waals surface area contributed by atoms with Crippen molar-refractivity contribution >= 4 is 11.9 Å². The molecule has 1 atom stereocenters. The second-order valence-electron chi connectivity index (χ2n) is 5.50. The summed E-state index contributed by atoms with van der Waals surface area (Å²) in [5, 5.41) is 2.78. The van der Waals surface area contributed by atoms with Crippen LogP contribution in [0, 0.1) is 0 Å². The predicted molar refractivity (Wildman–Crippen MR) is 68.0 cm³/mol. The summed E-state index contributed by atoms with van der Waals surface area (Å²) in [6.45, 7) is 9.05. The van der Waals surface area contributed by atoms with E-state index in [0.29, 0.717) is 6.42 Å². The highest BCUT2D eigenvalue weighted by Gasteiger charge is 2.17. The maximum atomic E-state index is 11.4. The molecule has 0 saturated carbocycles. The molecule has 0 saturated heterocycles. The van der Waals surface area contributed by atoms with E-state index in [1.165, 1.54) is 0 Å². The number of ketones is 1. The third-order valence-corrected chi connectivity index (χ3v) is 2.18. The summed E-state index contributed by atoms with van der Waals surface area (Å²) < 4.78 is 5.15. The first kappa shape index (κ1) is 15.9. The molecular formula is C13H25NO3. The lowest BCUT2D eigenvalue weighted by Crippen LogP contribution is -2.37. The quantitative estimate of drug-likeness (QED) is 0.729. The molecule has 0 bridgehead atoms. The number of alkyl carbamates (subject to hydrolysis) is 1. The van der Waals surface area contributed by atoms with Gasteiger partial charge >= 0.3 is 6.09 Å². The van der Waals surface area contributed by atoms with Gasteiger partial charge in [0.05, 0.1) is 0 Å². The molecule has 0 aliphatic rings. The Labute approximate surface area is 104 Å². The fourth-order valence-electron chi connectivity index (χ4n) is 1.41. The molecule has 0 aliphatic heterocycles. The van der Waals surface area contributed by atoms with Crippen LogP contribution < -0.4 is 5.32 Å². The standard InChI is InChI=1S/C13H25NO3/c1-10(8-6-7-9-11(2)15)14-12(16)17-13(3,4)5/h10H,6-9H2,1-5H3,(H,14,16). The van der Waals surface area contributed by atoms with Gasteiger partial charge in [0.2, 0.25) is 0 Å². The highest BCUT2D eigenvalue weighted by Crippen LogP contribution is 2.08. The molecule has 17 heavy (non-hydrogen) atoms. The van der Waals surface area contributed by atoms with Gasteiger partial charge in [0.15, 0.2) is 0 Å². The van der Waals surface area contributed by atoms with Crippen molar-refractivity contribution in [2.45, 2.75) is 71.9 Å². The molecule has 0 aromatic heterocycles. The van der Waals surface area contributed by atoms with Crippen molar-refractivity contribution in [2.24, 2.45) is 0 Å². The fraction of sp³-hybridized carbons (Fsp3) is 0.846. The first-order valence-corrected chi connectivity index (χ1v) is 6.19. The van der Waals surface area contributed by atoms with Crippen molar-refractivity contribution in [3.05, 3.63) is 0 Å². The number of nitrogens with one attached hydrogen (secondary N) is 1. The highest BCUT2D eigenvalue weighted by atomic mass is 16.6. The van der Waals surface area contributed by atoms with Gasteiger partial charge in [-0.15, -0.1) is 0 Å². The Morgan fingerprint density at radius 1 is 1.24 bits per heavy atom. The summed E-state index contributed by atoms with van der Waals surface area (Å²) in [5.41, 5.74) is -0.460. The molecule has 4 nitrogen and oxygen atoms in total. The average Bonchev–Trinajstić information content (AvgIpc) is 2.08. The fourth-order valence-corrected chi connectivity index (χ4v) is 1.41. The van der Waals surface area contributed by atoms with E-state index in [9.17, 15) is 9.59 Å². The van der Waals surface area contributed by atoms with Crippen LogP contribution in [0.3, 0.4) is 0 Å². The van der Waals surface area contributed by atoms with Crippen LogP contribution in [-0.4, -0.2) is 23.5 Å². The normalized spacial score (nSPS) is 13.0. The smallest absolute Gasteiger partial charge is 0.407 e. The van der Waals surface area contributed by atoms with Crippen molar-refractivity contribution in [2.75, 3.05) is 0 Å². The van der Waals surface area contributed by atoms with Gasteiger partial charge in [-0.05, 0) is 47.5 Å². The molecule has 0 aromatic carbocycles. The van der Waals surface area contributed by atoms with Gasteiger partial charge in [0, 0.05) is 12.5 Å². The number of Topliss-reactive ketones (excluding diaryl/α,β-unsaturated/α-hetero) is 1.